The Bertz CT molecular complexity index is 980. The third-order valence-corrected chi connectivity index (χ3v) is 4.74. The minimum atomic E-state index is -0.991. The van der Waals surface area contributed by atoms with E-state index >= 15 is 0 Å². The molecule has 0 saturated heterocycles. The van der Waals surface area contributed by atoms with Gasteiger partial charge in [-0.25, -0.2) is 9.59 Å². The third kappa shape index (κ3) is 3.34. The van der Waals surface area contributed by atoms with Crippen molar-refractivity contribution in [2.45, 2.75) is 19.1 Å². The van der Waals surface area contributed by atoms with Gasteiger partial charge < -0.3 is 9.47 Å². The first-order chi connectivity index (χ1) is 13.1. The standard InChI is InChI=1S/C23H18O4/c1-15(16-8-4-2-5-9-16)23-26-21(24)18-12-13-19(17-10-6-3-7-11-17)20(14-18)22(25)27-23/h2-15,23H,1H3. The van der Waals surface area contributed by atoms with Gasteiger partial charge in [0.05, 0.1) is 17.0 Å². The topological polar surface area (TPSA) is 52.6 Å². The number of cyclic esters (lactones) is 2. The predicted molar refractivity (Wildman–Crippen MR) is 101 cm³/mol. The van der Waals surface area contributed by atoms with Crippen LogP contribution < -0.4 is 0 Å². The van der Waals surface area contributed by atoms with Crippen LogP contribution in [0.25, 0.3) is 11.1 Å². The van der Waals surface area contributed by atoms with Crippen molar-refractivity contribution in [3.05, 3.63) is 95.6 Å². The van der Waals surface area contributed by atoms with Gasteiger partial charge >= 0.3 is 11.9 Å². The molecule has 0 amide bonds. The maximum atomic E-state index is 12.9. The molecule has 0 saturated carbocycles. The first kappa shape index (κ1) is 17.0. The van der Waals surface area contributed by atoms with Crippen LogP contribution in [0.2, 0.25) is 0 Å². The summed E-state index contributed by atoms with van der Waals surface area (Å²) in [6.07, 6.45) is -0.991. The van der Waals surface area contributed by atoms with Crippen molar-refractivity contribution in [3.8, 4) is 11.1 Å². The Labute approximate surface area is 157 Å². The fraction of sp³-hybridized carbons (Fsp3) is 0.130. The lowest BCUT2D eigenvalue weighted by atomic mass is 9.96. The summed E-state index contributed by atoms with van der Waals surface area (Å²) >= 11 is 0. The largest absolute Gasteiger partial charge is 0.421 e. The normalized spacial score (nSPS) is 17.3. The van der Waals surface area contributed by atoms with Crippen LogP contribution in [0.15, 0.2) is 78.9 Å². The molecule has 0 N–H and O–H groups in total. The Hall–Kier alpha value is -3.40. The van der Waals surface area contributed by atoms with Crippen LogP contribution in [0.3, 0.4) is 0 Å². The van der Waals surface area contributed by atoms with Gasteiger partial charge in [-0.2, -0.15) is 0 Å². The van der Waals surface area contributed by atoms with E-state index in [1.807, 2.05) is 67.6 Å². The number of carbonyl (C=O) groups is 2. The van der Waals surface area contributed by atoms with Gasteiger partial charge in [-0.15, -0.1) is 0 Å². The molecule has 0 spiro atoms. The number of carbonyl (C=O) groups excluding carboxylic acids is 2. The molecule has 4 nitrogen and oxygen atoms in total. The molecular formula is C23H18O4. The summed E-state index contributed by atoms with van der Waals surface area (Å²) in [4.78, 5) is 25.4. The van der Waals surface area contributed by atoms with E-state index in [1.165, 1.54) is 6.07 Å². The van der Waals surface area contributed by atoms with Crippen molar-refractivity contribution in [2.24, 2.45) is 0 Å². The molecule has 0 aliphatic carbocycles. The fourth-order valence-electron chi connectivity index (χ4n) is 3.19. The molecule has 0 fully saturated rings. The highest BCUT2D eigenvalue weighted by Crippen LogP contribution is 2.31. The molecule has 2 unspecified atom stereocenters. The van der Waals surface area contributed by atoms with Gasteiger partial charge in [0, 0.05) is 0 Å². The highest BCUT2D eigenvalue weighted by Gasteiger charge is 2.31. The second-order valence-corrected chi connectivity index (χ2v) is 6.50. The van der Waals surface area contributed by atoms with Crippen molar-refractivity contribution in [1.82, 2.24) is 0 Å². The summed E-state index contributed by atoms with van der Waals surface area (Å²) in [5.41, 5.74) is 3.24. The van der Waals surface area contributed by atoms with Crippen LogP contribution in [-0.4, -0.2) is 18.2 Å². The number of benzene rings is 3. The van der Waals surface area contributed by atoms with Crippen LogP contribution in [-0.2, 0) is 9.47 Å². The van der Waals surface area contributed by atoms with Gasteiger partial charge in [0.15, 0.2) is 0 Å². The van der Waals surface area contributed by atoms with E-state index in [9.17, 15) is 9.59 Å². The molecule has 2 bridgehead atoms. The van der Waals surface area contributed by atoms with E-state index in [1.54, 1.807) is 12.1 Å². The van der Waals surface area contributed by atoms with E-state index in [-0.39, 0.29) is 5.92 Å². The lowest BCUT2D eigenvalue weighted by Gasteiger charge is -2.26. The average molecular weight is 358 g/mol. The molecule has 2 atom stereocenters. The molecule has 1 aliphatic rings. The van der Waals surface area contributed by atoms with Gasteiger partial charge in [0.25, 0.3) is 6.29 Å². The molecular weight excluding hydrogens is 340 g/mol. The molecule has 134 valence electrons. The Morgan fingerprint density at radius 3 is 2.04 bits per heavy atom. The van der Waals surface area contributed by atoms with Gasteiger partial charge in [-0.3, -0.25) is 0 Å². The van der Waals surface area contributed by atoms with E-state index < -0.39 is 18.2 Å². The fourth-order valence-corrected chi connectivity index (χ4v) is 3.19. The van der Waals surface area contributed by atoms with Gasteiger partial charge in [-0.1, -0.05) is 73.7 Å². The Morgan fingerprint density at radius 1 is 0.704 bits per heavy atom. The lowest BCUT2D eigenvalue weighted by molar-refractivity contribution is -0.0910. The van der Waals surface area contributed by atoms with E-state index in [4.69, 9.17) is 9.47 Å². The summed E-state index contributed by atoms with van der Waals surface area (Å²) in [7, 11) is 0. The quantitative estimate of drug-likeness (QED) is 0.631. The Balaban J connectivity index is 1.72. The van der Waals surface area contributed by atoms with E-state index in [0.29, 0.717) is 11.1 Å². The first-order valence-corrected chi connectivity index (χ1v) is 8.80. The molecule has 4 heteroatoms. The predicted octanol–water partition coefficient (Wildman–Crippen LogP) is 4.81. The molecule has 3 aromatic rings. The highest BCUT2D eigenvalue weighted by atomic mass is 16.7. The minimum Gasteiger partial charge on any atom is -0.421 e. The lowest BCUT2D eigenvalue weighted by Crippen LogP contribution is -2.31. The number of ether oxygens (including phenoxy) is 2. The summed E-state index contributed by atoms with van der Waals surface area (Å²) < 4.78 is 11.1. The minimum absolute atomic E-state index is 0.289. The maximum Gasteiger partial charge on any atom is 0.341 e. The molecule has 0 radical (unpaired) electrons. The summed E-state index contributed by atoms with van der Waals surface area (Å²) in [6.45, 7) is 1.87. The zero-order chi connectivity index (χ0) is 18.8. The SMILES string of the molecule is CC(c1ccccc1)C1OC(=O)c2ccc(-c3ccccc3)c(c2)C(=O)O1. The number of hydrogen-bond donors (Lipinski definition) is 0. The molecule has 4 rings (SSSR count). The van der Waals surface area contributed by atoms with Crippen LogP contribution in [0, 0.1) is 0 Å². The highest BCUT2D eigenvalue weighted by molar-refractivity contribution is 6.01. The van der Waals surface area contributed by atoms with Gasteiger partial charge in [0.1, 0.15) is 0 Å². The second-order valence-electron chi connectivity index (χ2n) is 6.50. The van der Waals surface area contributed by atoms with Gasteiger partial charge in [-0.05, 0) is 28.8 Å². The van der Waals surface area contributed by atoms with Crippen molar-refractivity contribution in [2.75, 3.05) is 0 Å². The van der Waals surface area contributed by atoms with Crippen molar-refractivity contribution in [3.63, 3.8) is 0 Å². The van der Waals surface area contributed by atoms with E-state index in [0.717, 1.165) is 16.7 Å². The smallest absolute Gasteiger partial charge is 0.341 e. The number of esters is 2. The van der Waals surface area contributed by atoms with Crippen LogP contribution in [0.5, 0.6) is 0 Å². The maximum absolute atomic E-state index is 12.9. The monoisotopic (exact) mass is 358 g/mol. The van der Waals surface area contributed by atoms with Crippen LogP contribution >= 0.6 is 0 Å². The molecule has 27 heavy (non-hydrogen) atoms. The summed E-state index contributed by atoms with van der Waals surface area (Å²) in [5.74, 6) is -1.30. The number of hydrogen-bond acceptors (Lipinski definition) is 4. The van der Waals surface area contributed by atoms with Gasteiger partial charge in [0.2, 0.25) is 0 Å². The zero-order valence-electron chi connectivity index (χ0n) is 14.8. The zero-order valence-corrected chi connectivity index (χ0v) is 14.8. The van der Waals surface area contributed by atoms with Crippen molar-refractivity contribution >= 4 is 11.9 Å². The molecule has 3 aromatic carbocycles. The van der Waals surface area contributed by atoms with Crippen LogP contribution in [0.1, 0.15) is 39.1 Å². The third-order valence-electron chi connectivity index (χ3n) is 4.74. The average Bonchev–Trinajstić information content (AvgIpc) is 2.72. The van der Waals surface area contributed by atoms with Crippen molar-refractivity contribution in [1.29, 1.82) is 0 Å². The Morgan fingerprint density at radius 2 is 1.33 bits per heavy atom. The molecule has 1 aliphatic heterocycles. The van der Waals surface area contributed by atoms with Crippen LogP contribution in [0.4, 0.5) is 0 Å². The summed E-state index contributed by atoms with van der Waals surface area (Å²) in [5, 5.41) is 0. The number of rotatable bonds is 3. The number of fused-ring (bicyclic) bond motifs is 2. The molecule has 0 aromatic heterocycles. The second kappa shape index (κ2) is 7.08. The van der Waals surface area contributed by atoms with Crippen molar-refractivity contribution < 1.29 is 19.1 Å². The summed E-state index contributed by atoms with van der Waals surface area (Å²) in [6, 6.07) is 24.0. The molecule has 1 heterocycles. The first-order valence-electron chi connectivity index (χ1n) is 8.80. The Kier molecular flexibility index (Phi) is 4.47. The van der Waals surface area contributed by atoms with E-state index in [2.05, 4.69) is 0 Å².